The molecule has 21 heavy (non-hydrogen) atoms. The summed E-state index contributed by atoms with van der Waals surface area (Å²) in [6.07, 6.45) is -2.79. The van der Waals surface area contributed by atoms with Crippen LogP contribution in [0.4, 0.5) is 18.9 Å². The van der Waals surface area contributed by atoms with Crippen molar-refractivity contribution in [2.75, 3.05) is 19.4 Å². The molecule has 0 spiro atoms. The second kappa shape index (κ2) is 6.83. The first kappa shape index (κ1) is 17.3. The quantitative estimate of drug-likeness (QED) is 0.891. The number of nitrogens with zero attached hydrogens (tertiary/aromatic N) is 1. The Hall–Kier alpha value is -1.72. The molecule has 3 nitrogen and oxygen atoms in total. The molecule has 0 aliphatic rings. The average Bonchev–Trinajstić information content (AvgIpc) is 2.44. The minimum Gasteiger partial charge on any atom is -0.387 e. The molecule has 0 aliphatic carbocycles. The van der Waals surface area contributed by atoms with Crippen LogP contribution in [0.1, 0.15) is 42.6 Å². The number of carbonyl (C=O) groups excluding carboxylic acids is 1. The van der Waals surface area contributed by atoms with Crippen LogP contribution in [0.5, 0.6) is 0 Å². The van der Waals surface area contributed by atoms with Gasteiger partial charge in [0.05, 0.1) is 16.8 Å². The third kappa shape index (κ3) is 3.89. The summed E-state index contributed by atoms with van der Waals surface area (Å²) >= 11 is 0. The maximum absolute atomic E-state index is 13.0. The third-order valence-corrected chi connectivity index (χ3v) is 3.54. The lowest BCUT2D eigenvalue weighted by Crippen LogP contribution is -2.35. The largest absolute Gasteiger partial charge is 0.418 e. The van der Waals surface area contributed by atoms with Gasteiger partial charge in [-0.1, -0.05) is 19.4 Å². The molecule has 0 saturated heterocycles. The molecule has 1 aromatic carbocycles. The summed E-state index contributed by atoms with van der Waals surface area (Å²) < 4.78 is 39.0. The van der Waals surface area contributed by atoms with E-state index in [-0.39, 0.29) is 17.3 Å². The molecule has 0 bridgehead atoms. The highest BCUT2D eigenvalue weighted by Crippen LogP contribution is 2.36. The fourth-order valence-electron chi connectivity index (χ4n) is 2.24. The van der Waals surface area contributed by atoms with Crippen LogP contribution in [0.15, 0.2) is 18.2 Å². The number of rotatable bonds is 5. The van der Waals surface area contributed by atoms with Gasteiger partial charge in [-0.25, -0.2) is 0 Å². The molecule has 1 rings (SSSR count). The van der Waals surface area contributed by atoms with Gasteiger partial charge in [-0.05, 0) is 25.5 Å². The molecule has 118 valence electrons. The van der Waals surface area contributed by atoms with Crippen molar-refractivity contribution < 1.29 is 18.0 Å². The van der Waals surface area contributed by atoms with Crippen molar-refractivity contribution in [3.8, 4) is 0 Å². The molecule has 1 aromatic rings. The number of amides is 1. The lowest BCUT2D eigenvalue weighted by atomic mass is 10.0. The minimum absolute atomic E-state index is 0.0262. The van der Waals surface area contributed by atoms with Gasteiger partial charge in [0.15, 0.2) is 0 Å². The van der Waals surface area contributed by atoms with Crippen LogP contribution in [-0.2, 0) is 6.18 Å². The van der Waals surface area contributed by atoms with Crippen LogP contribution in [0, 0.1) is 0 Å². The van der Waals surface area contributed by atoms with E-state index in [1.807, 2.05) is 13.8 Å². The molecule has 0 fully saturated rings. The highest BCUT2D eigenvalue weighted by molar-refractivity contribution is 6.00. The van der Waals surface area contributed by atoms with Crippen LogP contribution in [0.25, 0.3) is 0 Å². The zero-order valence-electron chi connectivity index (χ0n) is 12.7. The molecular weight excluding hydrogens is 281 g/mol. The van der Waals surface area contributed by atoms with Gasteiger partial charge in [0.2, 0.25) is 0 Å². The fourth-order valence-corrected chi connectivity index (χ4v) is 2.24. The van der Waals surface area contributed by atoms with E-state index in [9.17, 15) is 18.0 Å². The first-order chi connectivity index (χ1) is 9.73. The molecule has 1 N–H and O–H groups in total. The van der Waals surface area contributed by atoms with Crippen molar-refractivity contribution in [2.24, 2.45) is 0 Å². The number of benzene rings is 1. The number of alkyl halides is 3. The average molecular weight is 302 g/mol. The summed E-state index contributed by atoms with van der Waals surface area (Å²) in [7, 11) is 3.00. The van der Waals surface area contributed by atoms with Crippen molar-refractivity contribution >= 4 is 11.6 Å². The summed E-state index contributed by atoms with van der Waals surface area (Å²) in [4.78, 5) is 13.9. The van der Waals surface area contributed by atoms with E-state index in [1.165, 1.54) is 24.1 Å². The number of hydrogen-bond donors (Lipinski definition) is 1. The molecule has 0 aromatic heterocycles. The molecule has 0 aliphatic heterocycles. The maximum Gasteiger partial charge on any atom is 0.418 e. The molecule has 0 heterocycles. The van der Waals surface area contributed by atoms with Gasteiger partial charge in [-0.2, -0.15) is 13.2 Å². The number of anilines is 1. The van der Waals surface area contributed by atoms with Crippen molar-refractivity contribution in [3.63, 3.8) is 0 Å². The van der Waals surface area contributed by atoms with Crippen molar-refractivity contribution in [2.45, 2.75) is 38.9 Å². The summed E-state index contributed by atoms with van der Waals surface area (Å²) in [6.45, 7) is 3.88. The zero-order valence-corrected chi connectivity index (χ0v) is 12.7. The lowest BCUT2D eigenvalue weighted by Gasteiger charge is -2.26. The molecule has 0 radical (unpaired) electrons. The molecule has 0 saturated carbocycles. The second-order valence-corrected chi connectivity index (χ2v) is 5.03. The summed E-state index contributed by atoms with van der Waals surface area (Å²) in [5.41, 5.74) is -0.962. The molecule has 1 unspecified atom stereocenters. The maximum atomic E-state index is 13.0. The minimum atomic E-state index is -4.50. The number of carbonyl (C=O) groups is 1. The predicted molar refractivity (Wildman–Crippen MR) is 77.5 cm³/mol. The molecule has 1 atom stereocenters. The van der Waals surface area contributed by atoms with Gasteiger partial charge in [-0.3, -0.25) is 4.79 Å². The van der Waals surface area contributed by atoms with E-state index in [0.717, 1.165) is 18.9 Å². The van der Waals surface area contributed by atoms with Gasteiger partial charge in [0.1, 0.15) is 0 Å². The standard InChI is InChI=1S/C15H21F3N2O/c1-5-7-10(2)20(4)14(21)11-8-6-9-12(13(11)19-3)15(16,17)18/h6,8-10,19H,5,7H2,1-4H3. The Kier molecular flexibility index (Phi) is 5.63. The Morgan fingerprint density at radius 2 is 2.00 bits per heavy atom. The van der Waals surface area contributed by atoms with E-state index in [4.69, 9.17) is 0 Å². The van der Waals surface area contributed by atoms with Crippen LogP contribution in [-0.4, -0.2) is 30.9 Å². The fraction of sp³-hybridized carbons (Fsp3) is 0.533. The van der Waals surface area contributed by atoms with Crippen molar-refractivity contribution in [1.29, 1.82) is 0 Å². The van der Waals surface area contributed by atoms with Gasteiger partial charge in [-0.15, -0.1) is 0 Å². The highest BCUT2D eigenvalue weighted by atomic mass is 19.4. The number of halogens is 3. The van der Waals surface area contributed by atoms with Crippen LogP contribution < -0.4 is 5.32 Å². The number of hydrogen-bond acceptors (Lipinski definition) is 2. The van der Waals surface area contributed by atoms with Gasteiger partial charge >= 0.3 is 6.18 Å². The number of nitrogens with one attached hydrogen (secondary N) is 1. The first-order valence-corrected chi connectivity index (χ1v) is 6.89. The Morgan fingerprint density at radius 1 is 1.38 bits per heavy atom. The zero-order chi connectivity index (χ0) is 16.2. The first-order valence-electron chi connectivity index (χ1n) is 6.89. The van der Waals surface area contributed by atoms with Crippen LogP contribution >= 0.6 is 0 Å². The van der Waals surface area contributed by atoms with Gasteiger partial charge in [0.25, 0.3) is 5.91 Å². The second-order valence-electron chi connectivity index (χ2n) is 5.03. The molecule has 1 amide bonds. The van der Waals surface area contributed by atoms with Crippen molar-refractivity contribution in [1.82, 2.24) is 4.90 Å². The SMILES string of the molecule is CCCC(C)N(C)C(=O)c1cccc(C(F)(F)F)c1NC. The lowest BCUT2D eigenvalue weighted by molar-refractivity contribution is -0.136. The Morgan fingerprint density at radius 3 is 2.48 bits per heavy atom. The normalized spacial score (nSPS) is 12.9. The summed E-state index contributed by atoms with van der Waals surface area (Å²) in [5, 5.41) is 2.51. The topological polar surface area (TPSA) is 32.3 Å². The number of para-hydroxylation sites is 1. The molecule has 6 heteroatoms. The monoisotopic (exact) mass is 302 g/mol. The van der Waals surface area contributed by atoms with E-state index in [0.29, 0.717) is 0 Å². The van der Waals surface area contributed by atoms with Crippen LogP contribution in [0.2, 0.25) is 0 Å². The highest BCUT2D eigenvalue weighted by Gasteiger charge is 2.35. The Balaban J connectivity index is 3.22. The van der Waals surface area contributed by atoms with Crippen LogP contribution in [0.3, 0.4) is 0 Å². The van der Waals surface area contributed by atoms with Gasteiger partial charge in [0, 0.05) is 20.1 Å². The van der Waals surface area contributed by atoms with Gasteiger partial charge < -0.3 is 10.2 Å². The Bertz CT molecular complexity index is 500. The Labute approximate surface area is 123 Å². The molecular formula is C15H21F3N2O. The summed E-state index contributed by atoms with van der Waals surface area (Å²) in [5.74, 6) is -0.411. The predicted octanol–water partition coefficient (Wildman–Crippen LogP) is 4.01. The van der Waals surface area contributed by atoms with E-state index in [2.05, 4.69) is 5.32 Å². The van der Waals surface area contributed by atoms with Crippen molar-refractivity contribution in [3.05, 3.63) is 29.3 Å². The van der Waals surface area contributed by atoms with E-state index in [1.54, 1.807) is 7.05 Å². The summed E-state index contributed by atoms with van der Waals surface area (Å²) in [6, 6.07) is 3.62. The van der Waals surface area contributed by atoms with E-state index >= 15 is 0 Å². The third-order valence-electron chi connectivity index (χ3n) is 3.54. The smallest absolute Gasteiger partial charge is 0.387 e. The van der Waals surface area contributed by atoms with E-state index < -0.39 is 17.6 Å².